The summed E-state index contributed by atoms with van der Waals surface area (Å²) in [6, 6.07) is 10.1. The Morgan fingerprint density at radius 3 is 2.45 bits per heavy atom. The molecule has 7 nitrogen and oxygen atoms in total. The summed E-state index contributed by atoms with van der Waals surface area (Å²) in [7, 11) is -3.17. The zero-order valence-corrected chi connectivity index (χ0v) is 18.2. The van der Waals surface area contributed by atoms with Gasteiger partial charge in [0, 0.05) is 30.0 Å². The number of methoxy groups -OCH3 is 1. The van der Waals surface area contributed by atoms with Gasteiger partial charge in [0.2, 0.25) is 0 Å². The van der Waals surface area contributed by atoms with E-state index in [9.17, 15) is 21.6 Å². The molecule has 0 N–H and O–H groups in total. The van der Waals surface area contributed by atoms with Crippen LogP contribution >= 0.6 is 0 Å². The van der Waals surface area contributed by atoms with Gasteiger partial charge in [-0.25, -0.2) is 22.7 Å². The second-order valence-electron chi connectivity index (χ2n) is 7.00. The van der Waals surface area contributed by atoms with E-state index in [4.69, 9.17) is 4.74 Å². The Morgan fingerprint density at radius 1 is 0.970 bits per heavy atom. The van der Waals surface area contributed by atoms with E-state index in [0.29, 0.717) is 5.39 Å². The molecular formula is C22H17F3N4O3S. The number of hydrogen-bond acceptors (Lipinski definition) is 6. The van der Waals surface area contributed by atoms with Crippen LogP contribution in [0.25, 0.3) is 10.8 Å². The number of nitrogens with zero attached hydrogens (tertiary/aromatic N) is 4. The first-order valence-electron chi connectivity index (χ1n) is 9.55. The molecule has 4 aromatic rings. The van der Waals surface area contributed by atoms with Crippen LogP contribution in [0.5, 0.6) is 5.75 Å². The highest BCUT2D eigenvalue weighted by Gasteiger charge is 2.35. The van der Waals surface area contributed by atoms with Crippen molar-refractivity contribution < 1.29 is 26.3 Å². The molecule has 0 radical (unpaired) electrons. The second kappa shape index (κ2) is 8.32. The Morgan fingerprint density at radius 2 is 1.76 bits per heavy atom. The van der Waals surface area contributed by atoms with Gasteiger partial charge in [0.1, 0.15) is 17.3 Å². The van der Waals surface area contributed by atoms with Crippen LogP contribution in [-0.4, -0.2) is 30.5 Å². The van der Waals surface area contributed by atoms with Gasteiger partial charge >= 0.3 is 6.18 Å². The first-order chi connectivity index (χ1) is 15.6. The number of fused-ring (bicyclic) bond motifs is 1. The summed E-state index contributed by atoms with van der Waals surface area (Å²) >= 11 is 0. The van der Waals surface area contributed by atoms with Gasteiger partial charge in [0.25, 0.3) is 10.0 Å². The van der Waals surface area contributed by atoms with Crippen LogP contribution in [0.3, 0.4) is 0 Å². The van der Waals surface area contributed by atoms with Crippen molar-refractivity contribution in [2.24, 2.45) is 0 Å². The first kappa shape index (κ1) is 22.5. The third-order valence-corrected chi connectivity index (χ3v) is 6.56. The molecular weight excluding hydrogens is 457 g/mol. The molecule has 0 fully saturated rings. The van der Waals surface area contributed by atoms with Crippen LogP contribution in [0.15, 0.2) is 72.0 Å². The fourth-order valence-corrected chi connectivity index (χ4v) is 4.77. The summed E-state index contributed by atoms with van der Waals surface area (Å²) in [6.07, 6.45) is -0.143. The number of hydrogen-bond donors (Lipinski definition) is 0. The molecule has 0 aliphatic rings. The molecule has 2 aromatic heterocycles. The normalized spacial score (nSPS) is 12.0. The van der Waals surface area contributed by atoms with E-state index in [0.717, 1.165) is 35.0 Å². The maximum Gasteiger partial charge on any atom is 0.416 e. The van der Waals surface area contributed by atoms with Gasteiger partial charge < -0.3 is 4.74 Å². The molecule has 11 heteroatoms. The highest BCUT2D eigenvalue weighted by atomic mass is 32.2. The average molecular weight is 474 g/mol. The van der Waals surface area contributed by atoms with Crippen molar-refractivity contribution in [3.63, 3.8) is 0 Å². The standard InChI is InChI=1S/C22H17F3N4O3S/c1-14-27-10-8-21(28-14)29(19-6-4-17(22(23,24)25)12-20(19)32-2)33(30,31)18-5-3-16-13-26-9-7-15(16)11-18/h3-13H,1-2H3. The molecule has 4 rings (SSSR count). The highest BCUT2D eigenvalue weighted by Crippen LogP contribution is 2.41. The SMILES string of the molecule is COc1cc(C(F)(F)F)ccc1N(c1ccnc(C)n1)S(=O)(=O)c1ccc2cnccc2c1. The van der Waals surface area contributed by atoms with E-state index in [1.165, 1.54) is 30.6 Å². The molecule has 0 saturated carbocycles. The molecule has 0 saturated heterocycles. The third-order valence-electron chi connectivity index (χ3n) is 4.85. The number of aromatic nitrogens is 3. The number of pyridine rings is 1. The zero-order chi connectivity index (χ0) is 23.8. The average Bonchev–Trinajstić information content (AvgIpc) is 2.78. The monoisotopic (exact) mass is 474 g/mol. The predicted octanol–water partition coefficient (Wildman–Crippen LogP) is 4.89. The lowest BCUT2D eigenvalue weighted by molar-refractivity contribution is -0.137. The summed E-state index contributed by atoms with van der Waals surface area (Å²) in [5.74, 6) is -0.0480. The molecule has 0 unspecified atom stereocenters. The topological polar surface area (TPSA) is 85.3 Å². The van der Waals surface area contributed by atoms with Gasteiger partial charge in [-0.15, -0.1) is 0 Å². The molecule has 2 aromatic carbocycles. The smallest absolute Gasteiger partial charge is 0.416 e. The predicted molar refractivity (Wildman–Crippen MR) is 116 cm³/mol. The number of alkyl halides is 3. The number of aryl methyl sites for hydroxylation is 1. The highest BCUT2D eigenvalue weighted by molar-refractivity contribution is 7.93. The summed E-state index contributed by atoms with van der Waals surface area (Å²) in [4.78, 5) is 12.1. The van der Waals surface area contributed by atoms with Gasteiger partial charge in [0.15, 0.2) is 5.82 Å². The van der Waals surface area contributed by atoms with Gasteiger partial charge in [-0.05, 0) is 48.7 Å². The van der Waals surface area contributed by atoms with Crippen LogP contribution in [0.4, 0.5) is 24.7 Å². The molecule has 0 aliphatic carbocycles. The van der Waals surface area contributed by atoms with Crippen LogP contribution in [0, 0.1) is 6.92 Å². The first-order valence-corrected chi connectivity index (χ1v) is 11.0. The number of rotatable bonds is 5. The van der Waals surface area contributed by atoms with Gasteiger partial charge in [-0.1, -0.05) is 6.07 Å². The molecule has 0 aliphatic heterocycles. The minimum Gasteiger partial charge on any atom is -0.495 e. The molecule has 0 amide bonds. The number of halogens is 3. The van der Waals surface area contributed by atoms with E-state index in [2.05, 4.69) is 15.0 Å². The maximum atomic E-state index is 13.8. The Kier molecular flexibility index (Phi) is 5.66. The summed E-state index contributed by atoms with van der Waals surface area (Å²) in [6.45, 7) is 1.57. The maximum absolute atomic E-state index is 13.8. The van der Waals surface area contributed by atoms with E-state index in [1.54, 1.807) is 25.3 Å². The molecule has 0 bridgehead atoms. The van der Waals surface area contributed by atoms with Crippen LogP contribution in [0.1, 0.15) is 11.4 Å². The van der Waals surface area contributed by atoms with Crippen LogP contribution in [-0.2, 0) is 16.2 Å². The lowest BCUT2D eigenvalue weighted by Crippen LogP contribution is -2.28. The van der Waals surface area contributed by atoms with Crippen molar-refractivity contribution in [3.8, 4) is 5.75 Å². The van der Waals surface area contributed by atoms with Gasteiger partial charge in [-0.2, -0.15) is 13.2 Å². The van der Waals surface area contributed by atoms with E-state index >= 15 is 0 Å². The van der Waals surface area contributed by atoms with Crippen molar-refractivity contribution in [1.29, 1.82) is 0 Å². The van der Waals surface area contributed by atoms with Crippen molar-refractivity contribution in [2.45, 2.75) is 18.0 Å². The van der Waals surface area contributed by atoms with Crippen molar-refractivity contribution in [2.75, 3.05) is 11.4 Å². The largest absolute Gasteiger partial charge is 0.495 e. The van der Waals surface area contributed by atoms with Gasteiger partial charge in [-0.3, -0.25) is 4.98 Å². The van der Waals surface area contributed by atoms with E-state index in [-0.39, 0.29) is 28.0 Å². The molecule has 0 spiro atoms. The lowest BCUT2D eigenvalue weighted by atomic mass is 10.2. The fraction of sp³-hybridized carbons (Fsp3) is 0.136. The third kappa shape index (κ3) is 4.31. The van der Waals surface area contributed by atoms with Crippen molar-refractivity contribution >= 4 is 32.3 Å². The Hall–Kier alpha value is -3.73. The van der Waals surface area contributed by atoms with Crippen molar-refractivity contribution in [1.82, 2.24) is 15.0 Å². The Balaban J connectivity index is 1.96. The fourth-order valence-electron chi connectivity index (χ4n) is 3.28. The Bertz CT molecular complexity index is 1440. The summed E-state index contributed by atoms with van der Waals surface area (Å²) in [5.41, 5.74) is -1.10. The molecule has 170 valence electrons. The molecule has 0 atom stereocenters. The van der Waals surface area contributed by atoms with Gasteiger partial charge in [0.05, 0.1) is 17.6 Å². The molecule has 33 heavy (non-hydrogen) atoms. The number of sulfonamides is 1. The zero-order valence-electron chi connectivity index (χ0n) is 17.4. The number of benzene rings is 2. The number of ether oxygens (including phenoxy) is 1. The second-order valence-corrected chi connectivity index (χ2v) is 8.79. The van der Waals surface area contributed by atoms with E-state index in [1.807, 2.05) is 0 Å². The minimum atomic E-state index is -4.63. The summed E-state index contributed by atoms with van der Waals surface area (Å²) < 4.78 is 73.4. The molecule has 2 heterocycles. The van der Waals surface area contributed by atoms with Crippen LogP contribution in [0.2, 0.25) is 0 Å². The van der Waals surface area contributed by atoms with E-state index < -0.39 is 21.8 Å². The minimum absolute atomic E-state index is 0.0459. The van der Waals surface area contributed by atoms with Crippen molar-refractivity contribution in [3.05, 3.63) is 78.5 Å². The number of anilines is 2. The summed E-state index contributed by atoms with van der Waals surface area (Å²) in [5, 5.41) is 1.36. The van der Waals surface area contributed by atoms with Crippen LogP contribution < -0.4 is 9.04 Å². The lowest BCUT2D eigenvalue weighted by Gasteiger charge is -2.26. The quantitative estimate of drug-likeness (QED) is 0.410. The Labute approximate surface area is 187 Å².